The van der Waals surface area contributed by atoms with Crippen LogP contribution in [0, 0.1) is 5.92 Å². The summed E-state index contributed by atoms with van der Waals surface area (Å²) in [7, 11) is -0.935. The van der Waals surface area contributed by atoms with Crippen LogP contribution >= 0.6 is 0 Å². The van der Waals surface area contributed by atoms with Gasteiger partial charge in [-0.2, -0.15) is 4.31 Å². The minimum Gasteiger partial charge on any atom is -0.406 e. The second-order valence-electron chi connectivity index (χ2n) is 7.53. The van der Waals surface area contributed by atoms with Gasteiger partial charge in [0.25, 0.3) is 0 Å². The molecule has 32 heavy (non-hydrogen) atoms. The molecule has 1 heterocycles. The van der Waals surface area contributed by atoms with Crippen LogP contribution in [0.15, 0.2) is 29.2 Å². The number of hydrogen-bond donors (Lipinski definition) is 0. The van der Waals surface area contributed by atoms with Crippen molar-refractivity contribution in [2.24, 2.45) is 5.92 Å². The smallest absolute Gasteiger partial charge is 0.406 e. The third kappa shape index (κ3) is 7.06. The molecule has 8 nitrogen and oxygen atoms in total. The van der Waals surface area contributed by atoms with E-state index in [-0.39, 0.29) is 35.9 Å². The zero-order valence-corrected chi connectivity index (χ0v) is 19.1. The quantitative estimate of drug-likeness (QED) is 0.510. The summed E-state index contributed by atoms with van der Waals surface area (Å²) in [5, 5.41) is 0. The van der Waals surface area contributed by atoms with Gasteiger partial charge in [-0.15, -0.1) is 13.2 Å². The summed E-state index contributed by atoms with van der Waals surface area (Å²) in [6, 6.07) is 4.12. The van der Waals surface area contributed by atoms with Gasteiger partial charge in [-0.1, -0.05) is 6.07 Å². The van der Waals surface area contributed by atoms with E-state index >= 15 is 0 Å². The van der Waals surface area contributed by atoms with Crippen LogP contribution in [0.1, 0.15) is 19.8 Å². The van der Waals surface area contributed by atoms with Crippen molar-refractivity contribution in [2.45, 2.75) is 37.1 Å². The maximum atomic E-state index is 13.0. The molecule has 0 aliphatic carbocycles. The topological polar surface area (TPSA) is 85.4 Å². The van der Waals surface area contributed by atoms with Crippen molar-refractivity contribution >= 4 is 15.9 Å². The number of carbonyl (C=O) groups is 1. The van der Waals surface area contributed by atoms with E-state index in [0.717, 1.165) is 12.1 Å². The fourth-order valence-electron chi connectivity index (χ4n) is 3.63. The lowest BCUT2D eigenvalue weighted by molar-refractivity contribution is -0.274. The monoisotopic (exact) mass is 482 g/mol. The Morgan fingerprint density at radius 3 is 2.44 bits per heavy atom. The maximum absolute atomic E-state index is 13.0. The molecule has 1 saturated heterocycles. The molecule has 2 rings (SSSR count). The first-order chi connectivity index (χ1) is 15.0. The molecule has 1 amide bonds. The molecule has 0 radical (unpaired) electrons. The Balaban J connectivity index is 2.07. The Hall–Kier alpha value is -1.89. The number of methoxy groups -OCH3 is 2. The molecule has 1 aliphatic heterocycles. The lowest BCUT2D eigenvalue weighted by atomic mass is 9.96. The van der Waals surface area contributed by atoms with E-state index in [9.17, 15) is 26.4 Å². The molecule has 1 aromatic carbocycles. The molecule has 0 saturated carbocycles. The molecule has 1 aromatic rings. The van der Waals surface area contributed by atoms with E-state index in [1.54, 1.807) is 19.1 Å². The van der Waals surface area contributed by atoms with Crippen LogP contribution in [0.4, 0.5) is 13.2 Å². The van der Waals surface area contributed by atoms with Crippen LogP contribution in [0.5, 0.6) is 5.75 Å². The number of carbonyl (C=O) groups excluding carboxylic acids is 1. The van der Waals surface area contributed by atoms with Crippen molar-refractivity contribution in [3.63, 3.8) is 0 Å². The normalized spacial score (nSPS) is 17.2. The standard InChI is InChI=1S/C20H29F3N2O6S/c1-15(14-30-3)25(11-12-29-2)19(26)16-7-9-24(10-8-16)32(27,28)18-6-4-5-17(13-18)31-20(21,22)23/h4-6,13,15-16H,7-12,14H2,1-3H3/t15-/m1/s1. The number of piperidine rings is 1. The van der Waals surface area contributed by atoms with Gasteiger partial charge in [-0.05, 0) is 31.9 Å². The number of sulfonamides is 1. The predicted molar refractivity (Wildman–Crippen MR) is 110 cm³/mol. The van der Waals surface area contributed by atoms with Crippen molar-refractivity contribution in [3.05, 3.63) is 24.3 Å². The lowest BCUT2D eigenvalue weighted by Gasteiger charge is -2.36. The number of ether oxygens (including phenoxy) is 3. The second-order valence-corrected chi connectivity index (χ2v) is 9.47. The molecule has 0 spiro atoms. The number of nitrogens with zero attached hydrogens (tertiary/aromatic N) is 2. The van der Waals surface area contributed by atoms with Crippen molar-refractivity contribution in [1.29, 1.82) is 0 Å². The van der Waals surface area contributed by atoms with Gasteiger partial charge in [0, 0.05) is 45.8 Å². The highest BCUT2D eigenvalue weighted by molar-refractivity contribution is 7.89. The van der Waals surface area contributed by atoms with Gasteiger partial charge in [-0.3, -0.25) is 4.79 Å². The van der Waals surface area contributed by atoms with Gasteiger partial charge < -0.3 is 19.1 Å². The summed E-state index contributed by atoms with van der Waals surface area (Å²) in [6.45, 7) is 3.15. The fraction of sp³-hybridized carbons (Fsp3) is 0.650. The van der Waals surface area contributed by atoms with E-state index < -0.39 is 22.1 Å². The van der Waals surface area contributed by atoms with Gasteiger partial charge in [0.2, 0.25) is 15.9 Å². The minimum absolute atomic E-state index is 0.0832. The first-order valence-corrected chi connectivity index (χ1v) is 11.6. The van der Waals surface area contributed by atoms with E-state index in [1.807, 2.05) is 6.92 Å². The zero-order valence-electron chi connectivity index (χ0n) is 18.3. The van der Waals surface area contributed by atoms with E-state index in [2.05, 4.69) is 4.74 Å². The van der Waals surface area contributed by atoms with Crippen LogP contribution in [-0.2, 0) is 24.3 Å². The Bertz CT molecular complexity index is 857. The fourth-order valence-corrected chi connectivity index (χ4v) is 5.13. The predicted octanol–water partition coefficient (Wildman–Crippen LogP) is 2.50. The summed E-state index contributed by atoms with van der Waals surface area (Å²) in [6.07, 6.45) is -4.31. The van der Waals surface area contributed by atoms with Crippen molar-refractivity contribution in [3.8, 4) is 5.75 Å². The van der Waals surface area contributed by atoms with Crippen LogP contribution in [0.3, 0.4) is 0 Å². The number of hydrogen-bond acceptors (Lipinski definition) is 6. The van der Waals surface area contributed by atoms with Gasteiger partial charge in [0.15, 0.2) is 0 Å². The molecule has 1 atom stereocenters. The lowest BCUT2D eigenvalue weighted by Crippen LogP contribution is -2.49. The first kappa shape index (κ1) is 26.4. The van der Waals surface area contributed by atoms with Gasteiger partial charge in [0.1, 0.15) is 5.75 Å². The highest BCUT2D eigenvalue weighted by Crippen LogP contribution is 2.29. The Labute approximate surface area is 186 Å². The molecule has 0 N–H and O–H groups in total. The number of alkyl halides is 3. The second kappa shape index (κ2) is 11.3. The van der Waals surface area contributed by atoms with Gasteiger partial charge in [0.05, 0.1) is 24.2 Å². The number of rotatable bonds is 10. The van der Waals surface area contributed by atoms with Crippen LogP contribution in [0.25, 0.3) is 0 Å². The molecule has 0 bridgehead atoms. The average Bonchev–Trinajstić information content (AvgIpc) is 2.73. The first-order valence-electron chi connectivity index (χ1n) is 10.1. The summed E-state index contributed by atoms with van der Waals surface area (Å²) < 4.78 is 78.4. The molecular formula is C20H29F3N2O6S. The largest absolute Gasteiger partial charge is 0.573 e. The third-order valence-corrected chi connectivity index (χ3v) is 7.13. The average molecular weight is 483 g/mol. The maximum Gasteiger partial charge on any atom is 0.573 e. The van der Waals surface area contributed by atoms with Gasteiger partial charge in [-0.25, -0.2) is 8.42 Å². The number of amides is 1. The highest BCUT2D eigenvalue weighted by Gasteiger charge is 2.36. The summed E-state index contributed by atoms with van der Waals surface area (Å²) in [5.74, 6) is -1.06. The Kier molecular flexibility index (Phi) is 9.31. The molecule has 1 fully saturated rings. The molecule has 182 valence electrons. The molecule has 1 aliphatic rings. The Morgan fingerprint density at radius 1 is 1.22 bits per heavy atom. The summed E-state index contributed by atoms with van der Waals surface area (Å²) in [5.41, 5.74) is 0. The van der Waals surface area contributed by atoms with E-state index in [1.165, 1.54) is 16.4 Å². The van der Waals surface area contributed by atoms with Gasteiger partial charge >= 0.3 is 6.36 Å². The zero-order chi connectivity index (χ0) is 23.9. The van der Waals surface area contributed by atoms with Crippen molar-refractivity contribution < 1.29 is 40.6 Å². The highest BCUT2D eigenvalue weighted by atomic mass is 32.2. The summed E-state index contributed by atoms with van der Waals surface area (Å²) >= 11 is 0. The molecule has 0 aromatic heterocycles. The third-order valence-electron chi connectivity index (χ3n) is 5.24. The molecular weight excluding hydrogens is 453 g/mol. The number of halogens is 3. The molecule has 0 unspecified atom stereocenters. The Morgan fingerprint density at radius 2 is 1.88 bits per heavy atom. The van der Waals surface area contributed by atoms with Crippen LogP contribution in [-0.4, -0.2) is 83.0 Å². The number of benzene rings is 1. The van der Waals surface area contributed by atoms with Crippen LogP contribution in [0.2, 0.25) is 0 Å². The SMILES string of the molecule is COCCN(C(=O)C1CCN(S(=O)(=O)c2cccc(OC(F)(F)F)c2)CC1)[C@H](C)COC. The minimum atomic E-state index is -4.92. The van der Waals surface area contributed by atoms with Crippen LogP contribution < -0.4 is 4.74 Å². The van der Waals surface area contributed by atoms with Crippen molar-refractivity contribution in [1.82, 2.24) is 9.21 Å². The van der Waals surface area contributed by atoms with E-state index in [4.69, 9.17) is 9.47 Å². The van der Waals surface area contributed by atoms with Crippen molar-refractivity contribution in [2.75, 3.05) is 47.1 Å². The summed E-state index contributed by atoms with van der Waals surface area (Å²) in [4.78, 5) is 14.4. The van der Waals surface area contributed by atoms with E-state index in [0.29, 0.717) is 32.6 Å². The molecule has 12 heteroatoms.